The van der Waals surface area contributed by atoms with E-state index in [2.05, 4.69) is 16.4 Å². The second kappa shape index (κ2) is 3.89. The summed E-state index contributed by atoms with van der Waals surface area (Å²) in [6, 6.07) is 2.09. The van der Waals surface area contributed by atoms with Crippen LogP contribution in [0.5, 0.6) is 0 Å². The fourth-order valence-electron chi connectivity index (χ4n) is 2.26. The van der Waals surface area contributed by atoms with Gasteiger partial charge >= 0.3 is 0 Å². The topological polar surface area (TPSA) is 37.8 Å². The van der Waals surface area contributed by atoms with Gasteiger partial charge in [0.15, 0.2) is 0 Å². The SMILES string of the molecule is c1cc(C2CCCNC2)nc(C2CC2)n1. The zero-order valence-corrected chi connectivity index (χ0v) is 8.95. The quantitative estimate of drug-likeness (QED) is 0.796. The second-order valence-electron chi connectivity index (χ2n) is 4.66. The molecule has 1 unspecified atom stereocenters. The maximum absolute atomic E-state index is 4.71. The molecular formula is C12H17N3. The molecule has 1 saturated carbocycles. The lowest BCUT2D eigenvalue weighted by atomic mass is 9.96. The third kappa shape index (κ3) is 2.02. The van der Waals surface area contributed by atoms with Crippen molar-refractivity contribution in [3.63, 3.8) is 0 Å². The first-order chi connectivity index (χ1) is 7.43. The Bertz CT molecular complexity index is 340. The third-order valence-corrected chi connectivity index (χ3v) is 3.35. The van der Waals surface area contributed by atoms with Gasteiger partial charge in [-0.05, 0) is 38.3 Å². The van der Waals surface area contributed by atoms with Crippen LogP contribution in [0.4, 0.5) is 0 Å². The molecule has 3 rings (SSSR count). The molecule has 1 aromatic rings. The van der Waals surface area contributed by atoms with E-state index in [-0.39, 0.29) is 0 Å². The largest absolute Gasteiger partial charge is 0.316 e. The van der Waals surface area contributed by atoms with Crippen molar-refractivity contribution < 1.29 is 0 Å². The van der Waals surface area contributed by atoms with Crippen molar-refractivity contribution in [1.82, 2.24) is 15.3 Å². The molecule has 0 radical (unpaired) electrons. The summed E-state index contributed by atoms with van der Waals surface area (Å²) in [5.41, 5.74) is 1.25. The van der Waals surface area contributed by atoms with Crippen molar-refractivity contribution in [3.8, 4) is 0 Å². The molecule has 3 nitrogen and oxygen atoms in total. The summed E-state index contributed by atoms with van der Waals surface area (Å²) < 4.78 is 0. The highest BCUT2D eigenvalue weighted by Gasteiger charge is 2.27. The minimum absolute atomic E-state index is 0.610. The van der Waals surface area contributed by atoms with Crippen molar-refractivity contribution in [2.75, 3.05) is 13.1 Å². The predicted molar refractivity (Wildman–Crippen MR) is 58.9 cm³/mol. The molecule has 1 atom stereocenters. The Hall–Kier alpha value is -0.960. The first-order valence-corrected chi connectivity index (χ1v) is 5.97. The van der Waals surface area contributed by atoms with E-state index >= 15 is 0 Å². The smallest absolute Gasteiger partial charge is 0.131 e. The molecule has 1 aliphatic carbocycles. The molecule has 1 aromatic heterocycles. The maximum Gasteiger partial charge on any atom is 0.131 e. The van der Waals surface area contributed by atoms with E-state index in [1.165, 1.54) is 31.4 Å². The zero-order valence-electron chi connectivity index (χ0n) is 8.95. The monoisotopic (exact) mass is 203 g/mol. The second-order valence-corrected chi connectivity index (χ2v) is 4.66. The number of aromatic nitrogens is 2. The molecule has 1 aliphatic heterocycles. The van der Waals surface area contributed by atoms with E-state index in [1.54, 1.807) is 0 Å². The summed E-state index contributed by atoms with van der Waals surface area (Å²) in [5, 5.41) is 3.44. The van der Waals surface area contributed by atoms with Crippen LogP contribution in [0.2, 0.25) is 0 Å². The first-order valence-electron chi connectivity index (χ1n) is 5.97. The summed E-state index contributed by atoms with van der Waals surface area (Å²) in [5.74, 6) is 2.36. The highest BCUT2D eigenvalue weighted by molar-refractivity contribution is 5.14. The fraction of sp³-hybridized carbons (Fsp3) is 0.667. The predicted octanol–water partition coefficient (Wildman–Crippen LogP) is 1.82. The molecule has 0 amide bonds. The van der Waals surface area contributed by atoms with Crippen LogP contribution in [0.25, 0.3) is 0 Å². The van der Waals surface area contributed by atoms with E-state index in [1.807, 2.05) is 6.20 Å². The van der Waals surface area contributed by atoms with Gasteiger partial charge < -0.3 is 5.32 Å². The zero-order chi connectivity index (χ0) is 10.1. The molecule has 15 heavy (non-hydrogen) atoms. The van der Waals surface area contributed by atoms with Gasteiger partial charge in [0.1, 0.15) is 5.82 Å². The number of hydrogen-bond donors (Lipinski definition) is 1. The minimum atomic E-state index is 0.610. The van der Waals surface area contributed by atoms with Gasteiger partial charge in [-0.25, -0.2) is 9.97 Å². The van der Waals surface area contributed by atoms with Crippen molar-refractivity contribution in [1.29, 1.82) is 0 Å². The molecule has 2 aliphatic rings. The average Bonchev–Trinajstić information content (AvgIpc) is 3.14. The molecule has 3 heteroatoms. The number of rotatable bonds is 2. The molecule has 0 spiro atoms. The van der Waals surface area contributed by atoms with Crippen molar-refractivity contribution in [2.24, 2.45) is 0 Å². The van der Waals surface area contributed by atoms with Gasteiger partial charge in [-0.15, -0.1) is 0 Å². The van der Waals surface area contributed by atoms with Gasteiger partial charge in [-0.3, -0.25) is 0 Å². The Morgan fingerprint density at radius 3 is 2.87 bits per heavy atom. The minimum Gasteiger partial charge on any atom is -0.316 e. The van der Waals surface area contributed by atoms with E-state index in [4.69, 9.17) is 4.98 Å². The van der Waals surface area contributed by atoms with Crippen LogP contribution >= 0.6 is 0 Å². The van der Waals surface area contributed by atoms with E-state index in [0.717, 1.165) is 18.9 Å². The van der Waals surface area contributed by atoms with Crippen molar-refractivity contribution in [3.05, 3.63) is 23.8 Å². The Balaban J connectivity index is 1.80. The molecule has 2 fully saturated rings. The van der Waals surface area contributed by atoms with Gasteiger partial charge in [-0.1, -0.05) is 0 Å². The number of hydrogen-bond acceptors (Lipinski definition) is 3. The molecule has 80 valence electrons. The third-order valence-electron chi connectivity index (χ3n) is 3.35. The molecule has 1 N–H and O–H groups in total. The van der Waals surface area contributed by atoms with Crippen LogP contribution < -0.4 is 5.32 Å². The van der Waals surface area contributed by atoms with Crippen LogP contribution in [-0.2, 0) is 0 Å². The molecular weight excluding hydrogens is 186 g/mol. The number of nitrogens with one attached hydrogen (secondary N) is 1. The Morgan fingerprint density at radius 1 is 1.20 bits per heavy atom. The summed E-state index contributed by atoms with van der Waals surface area (Å²) in [4.78, 5) is 9.07. The summed E-state index contributed by atoms with van der Waals surface area (Å²) >= 11 is 0. The molecule has 0 bridgehead atoms. The first kappa shape index (κ1) is 9.28. The summed E-state index contributed by atoms with van der Waals surface area (Å²) in [6.45, 7) is 2.25. The van der Waals surface area contributed by atoms with Crippen LogP contribution in [0.1, 0.15) is 49.0 Å². The highest BCUT2D eigenvalue weighted by atomic mass is 14.9. The lowest BCUT2D eigenvalue weighted by Gasteiger charge is -2.22. The van der Waals surface area contributed by atoms with Gasteiger partial charge in [0.05, 0.1) is 0 Å². The highest BCUT2D eigenvalue weighted by Crippen LogP contribution is 2.38. The standard InChI is InChI=1S/C12H17N3/c1-2-10(8-13-6-1)11-5-7-14-12(15-11)9-3-4-9/h5,7,9-10,13H,1-4,6,8H2. The normalized spacial score (nSPS) is 26.5. The van der Waals surface area contributed by atoms with Gasteiger partial charge in [0, 0.05) is 30.3 Å². The van der Waals surface area contributed by atoms with E-state index in [9.17, 15) is 0 Å². The van der Waals surface area contributed by atoms with Gasteiger partial charge in [-0.2, -0.15) is 0 Å². The van der Waals surface area contributed by atoms with Crippen molar-refractivity contribution >= 4 is 0 Å². The van der Waals surface area contributed by atoms with Crippen LogP contribution in [0.15, 0.2) is 12.3 Å². The van der Waals surface area contributed by atoms with Crippen LogP contribution in [0.3, 0.4) is 0 Å². The number of nitrogens with zero attached hydrogens (tertiary/aromatic N) is 2. The van der Waals surface area contributed by atoms with Gasteiger partial charge in [0.25, 0.3) is 0 Å². The Morgan fingerprint density at radius 2 is 2.13 bits per heavy atom. The summed E-state index contributed by atoms with van der Waals surface area (Å²) in [6.07, 6.45) is 7.05. The average molecular weight is 203 g/mol. The van der Waals surface area contributed by atoms with Crippen LogP contribution in [0, 0.1) is 0 Å². The fourth-order valence-corrected chi connectivity index (χ4v) is 2.26. The van der Waals surface area contributed by atoms with Crippen molar-refractivity contribution in [2.45, 2.75) is 37.5 Å². The lowest BCUT2D eigenvalue weighted by Crippen LogP contribution is -2.29. The molecule has 0 aromatic carbocycles. The molecule has 2 heterocycles. The van der Waals surface area contributed by atoms with E-state index in [0.29, 0.717) is 11.8 Å². The number of piperidine rings is 1. The molecule has 1 saturated heterocycles. The maximum atomic E-state index is 4.71. The summed E-state index contributed by atoms with van der Waals surface area (Å²) in [7, 11) is 0. The Kier molecular flexibility index (Phi) is 2.41. The Labute approximate surface area is 90.3 Å². The van der Waals surface area contributed by atoms with E-state index < -0.39 is 0 Å². The van der Waals surface area contributed by atoms with Gasteiger partial charge in [0.2, 0.25) is 0 Å². The lowest BCUT2D eigenvalue weighted by molar-refractivity contribution is 0.453. The van der Waals surface area contributed by atoms with Crippen LogP contribution in [-0.4, -0.2) is 23.1 Å².